The van der Waals surface area contributed by atoms with Gasteiger partial charge in [0.15, 0.2) is 0 Å². The van der Waals surface area contributed by atoms with Crippen LogP contribution in [0.1, 0.15) is 18.9 Å². The molecular weight excluding hydrogens is 344 g/mol. The fraction of sp³-hybridized carbons (Fsp3) is 0.188. The second-order valence-corrected chi connectivity index (χ2v) is 5.15. The molecule has 0 heterocycles. The minimum atomic E-state index is -0.748. The van der Waals surface area contributed by atoms with Crippen molar-refractivity contribution in [1.82, 2.24) is 0 Å². The summed E-state index contributed by atoms with van der Waals surface area (Å²) in [7, 11) is 0. The topological polar surface area (TPSA) is 140 Å². The predicted molar refractivity (Wildman–Crippen MR) is 94.9 cm³/mol. The van der Waals surface area contributed by atoms with E-state index < -0.39 is 21.2 Å². The molecule has 0 aliphatic heterocycles. The number of aromatic hydroxyl groups is 1. The van der Waals surface area contributed by atoms with E-state index in [-0.39, 0.29) is 11.4 Å². The summed E-state index contributed by atoms with van der Waals surface area (Å²) in [5.74, 6) is 0.447. The maximum Gasteiger partial charge on any atom is 0.301 e. The number of non-ortho nitro benzene ring substituents is 1. The molecule has 26 heavy (non-hydrogen) atoms. The van der Waals surface area contributed by atoms with Gasteiger partial charge in [0, 0.05) is 17.7 Å². The summed E-state index contributed by atoms with van der Waals surface area (Å²) in [5.41, 5.74) is 1.92. The number of nitro benzene ring substituents is 2. The Morgan fingerprint density at radius 2 is 1.96 bits per heavy atom. The zero-order valence-electron chi connectivity index (χ0n) is 13.8. The monoisotopic (exact) mass is 360 g/mol. The van der Waals surface area contributed by atoms with Gasteiger partial charge in [0.25, 0.3) is 5.69 Å². The minimum Gasteiger partial charge on any atom is -0.507 e. The molecule has 0 spiro atoms. The number of rotatable bonds is 8. The highest BCUT2D eigenvalue weighted by molar-refractivity contribution is 5.84. The number of benzene rings is 2. The Labute approximate surface area is 148 Å². The van der Waals surface area contributed by atoms with Gasteiger partial charge in [-0.3, -0.25) is 25.7 Å². The molecule has 0 aromatic heterocycles. The zero-order chi connectivity index (χ0) is 19.1. The number of nitrogens with zero attached hydrogens (tertiary/aromatic N) is 3. The largest absolute Gasteiger partial charge is 0.507 e. The van der Waals surface area contributed by atoms with E-state index >= 15 is 0 Å². The molecule has 136 valence electrons. The van der Waals surface area contributed by atoms with Crippen molar-refractivity contribution >= 4 is 23.3 Å². The van der Waals surface area contributed by atoms with Crippen LogP contribution in [-0.4, -0.2) is 27.8 Å². The lowest BCUT2D eigenvalue weighted by Crippen LogP contribution is -1.99. The second-order valence-electron chi connectivity index (χ2n) is 5.15. The number of phenols is 1. The van der Waals surface area contributed by atoms with Crippen LogP contribution in [0.4, 0.5) is 17.1 Å². The van der Waals surface area contributed by atoms with Gasteiger partial charge in [0.2, 0.25) is 0 Å². The van der Waals surface area contributed by atoms with Gasteiger partial charge in [-0.1, -0.05) is 6.92 Å². The Kier molecular flexibility index (Phi) is 6.04. The molecule has 0 atom stereocenters. The molecule has 0 radical (unpaired) electrons. The number of ether oxygens (including phenoxy) is 1. The summed E-state index contributed by atoms with van der Waals surface area (Å²) in [5, 5.41) is 35.5. The van der Waals surface area contributed by atoms with Crippen LogP contribution in [-0.2, 0) is 0 Å². The summed E-state index contributed by atoms with van der Waals surface area (Å²) in [6, 6.07) is 7.83. The van der Waals surface area contributed by atoms with Gasteiger partial charge in [-0.2, -0.15) is 5.10 Å². The SMILES string of the molecule is CCCOc1ccc(/C=N/Nc2ccc([N+](=O)[O-])cc2[N+](=O)[O-])c(O)c1. The highest BCUT2D eigenvalue weighted by atomic mass is 16.6. The molecule has 2 aromatic carbocycles. The van der Waals surface area contributed by atoms with Gasteiger partial charge in [-0.15, -0.1) is 0 Å². The molecule has 0 aliphatic carbocycles. The van der Waals surface area contributed by atoms with Crippen LogP contribution < -0.4 is 10.2 Å². The third-order valence-corrected chi connectivity index (χ3v) is 3.25. The Morgan fingerprint density at radius 1 is 1.19 bits per heavy atom. The van der Waals surface area contributed by atoms with Crippen molar-refractivity contribution in [3.63, 3.8) is 0 Å². The minimum absolute atomic E-state index is 0.0146. The molecule has 0 fully saturated rings. The Hall–Kier alpha value is -3.69. The van der Waals surface area contributed by atoms with E-state index in [4.69, 9.17) is 4.74 Å². The lowest BCUT2D eigenvalue weighted by atomic mass is 10.2. The second kappa shape index (κ2) is 8.42. The molecule has 0 saturated heterocycles. The maximum absolute atomic E-state index is 11.0. The predicted octanol–water partition coefficient (Wildman–Crippen LogP) is 3.44. The number of phenolic OH excluding ortho intramolecular Hbond substituents is 1. The van der Waals surface area contributed by atoms with Gasteiger partial charge in [-0.25, -0.2) is 0 Å². The highest BCUT2D eigenvalue weighted by Gasteiger charge is 2.19. The molecule has 10 nitrogen and oxygen atoms in total. The first-order valence-corrected chi connectivity index (χ1v) is 7.60. The van der Waals surface area contributed by atoms with Gasteiger partial charge >= 0.3 is 5.69 Å². The van der Waals surface area contributed by atoms with Crippen LogP contribution in [0.2, 0.25) is 0 Å². The third kappa shape index (κ3) is 4.66. The molecule has 0 unspecified atom stereocenters. The number of hydrazone groups is 1. The van der Waals surface area contributed by atoms with Crippen molar-refractivity contribution in [2.24, 2.45) is 5.10 Å². The van der Waals surface area contributed by atoms with Crippen LogP contribution >= 0.6 is 0 Å². The highest BCUT2D eigenvalue weighted by Crippen LogP contribution is 2.29. The molecular formula is C16H16N4O6. The van der Waals surface area contributed by atoms with Crippen molar-refractivity contribution in [3.8, 4) is 11.5 Å². The third-order valence-electron chi connectivity index (χ3n) is 3.25. The molecule has 0 saturated carbocycles. The Morgan fingerprint density at radius 3 is 2.58 bits per heavy atom. The maximum atomic E-state index is 11.0. The van der Waals surface area contributed by atoms with Crippen LogP contribution in [0.5, 0.6) is 11.5 Å². The number of hydrogen-bond donors (Lipinski definition) is 2. The lowest BCUT2D eigenvalue weighted by Gasteiger charge is -2.06. The Balaban J connectivity index is 2.15. The summed E-state index contributed by atoms with van der Waals surface area (Å²) < 4.78 is 5.39. The first-order chi connectivity index (χ1) is 12.4. The van der Waals surface area contributed by atoms with Crippen LogP contribution in [0.15, 0.2) is 41.5 Å². The average molecular weight is 360 g/mol. The van der Waals surface area contributed by atoms with E-state index in [1.807, 2.05) is 6.92 Å². The van der Waals surface area contributed by atoms with E-state index in [9.17, 15) is 25.3 Å². The lowest BCUT2D eigenvalue weighted by molar-refractivity contribution is -0.393. The normalized spacial score (nSPS) is 10.7. The van der Waals surface area contributed by atoms with E-state index in [0.29, 0.717) is 17.9 Å². The van der Waals surface area contributed by atoms with Crippen LogP contribution in [0.25, 0.3) is 0 Å². The van der Waals surface area contributed by atoms with Crippen molar-refractivity contribution in [2.45, 2.75) is 13.3 Å². The van der Waals surface area contributed by atoms with Gasteiger partial charge in [0.1, 0.15) is 17.2 Å². The quantitative estimate of drug-likeness (QED) is 0.417. The van der Waals surface area contributed by atoms with E-state index in [1.54, 1.807) is 12.1 Å². The van der Waals surface area contributed by atoms with E-state index in [0.717, 1.165) is 18.6 Å². The molecule has 2 N–H and O–H groups in total. The first-order valence-electron chi connectivity index (χ1n) is 7.60. The van der Waals surface area contributed by atoms with Crippen molar-refractivity contribution in [1.29, 1.82) is 0 Å². The standard InChI is InChI=1S/C16H16N4O6/c1-2-7-26-13-5-3-11(16(21)9-13)10-17-18-14-6-4-12(19(22)23)8-15(14)20(24)25/h3-6,8-10,18,21H,2,7H2,1H3/b17-10+. The molecule has 2 aromatic rings. The fourth-order valence-electron chi connectivity index (χ4n) is 1.99. The van der Waals surface area contributed by atoms with Gasteiger partial charge in [0.05, 0.1) is 28.7 Å². The van der Waals surface area contributed by atoms with Crippen molar-refractivity contribution in [2.75, 3.05) is 12.0 Å². The fourth-order valence-corrected chi connectivity index (χ4v) is 1.99. The summed E-state index contributed by atoms with van der Waals surface area (Å²) >= 11 is 0. The van der Waals surface area contributed by atoms with Crippen molar-refractivity contribution in [3.05, 3.63) is 62.2 Å². The number of nitrogens with one attached hydrogen (secondary N) is 1. The molecule has 10 heteroatoms. The van der Waals surface area contributed by atoms with E-state index in [1.165, 1.54) is 18.3 Å². The number of hydrogen-bond acceptors (Lipinski definition) is 8. The zero-order valence-corrected chi connectivity index (χ0v) is 13.8. The first kappa shape index (κ1) is 18.6. The molecule has 0 bridgehead atoms. The van der Waals surface area contributed by atoms with Gasteiger partial charge < -0.3 is 9.84 Å². The van der Waals surface area contributed by atoms with E-state index in [2.05, 4.69) is 10.5 Å². The van der Waals surface area contributed by atoms with Gasteiger partial charge in [-0.05, 0) is 24.6 Å². The number of anilines is 1. The Bertz CT molecular complexity index is 853. The summed E-state index contributed by atoms with van der Waals surface area (Å²) in [6.07, 6.45) is 2.10. The molecule has 0 aliphatic rings. The molecule has 0 amide bonds. The summed E-state index contributed by atoms with van der Waals surface area (Å²) in [6.45, 7) is 2.49. The van der Waals surface area contributed by atoms with Crippen molar-refractivity contribution < 1.29 is 19.7 Å². The summed E-state index contributed by atoms with van der Waals surface area (Å²) in [4.78, 5) is 20.3. The molecule has 2 rings (SSSR count). The average Bonchev–Trinajstić information content (AvgIpc) is 2.61. The number of nitro groups is 2. The smallest absolute Gasteiger partial charge is 0.301 e. The van der Waals surface area contributed by atoms with Crippen LogP contribution in [0, 0.1) is 20.2 Å². The van der Waals surface area contributed by atoms with Crippen LogP contribution in [0.3, 0.4) is 0 Å².